The maximum absolute atomic E-state index is 5.86. The minimum absolute atomic E-state index is 0.672. The van der Waals surface area contributed by atoms with Crippen molar-refractivity contribution in [2.24, 2.45) is 7.05 Å². The molecule has 0 unspecified atom stereocenters. The third-order valence-corrected chi connectivity index (χ3v) is 2.88. The maximum atomic E-state index is 5.86. The molecule has 16 heavy (non-hydrogen) atoms. The van der Waals surface area contributed by atoms with E-state index in [1.807, 2.05) is 19.2 Å². The first-order chi connectivity index (χ1) is 7.77. The summed E-state index contributed by atoms with van der Waals surface area (Å²) < 4.78 is 2.11. The van der Waals surface area contributed by atoms with Gasteiger partial charge in [0.05, 0.1) is 17.6 Å². The number of nitrogens with one attached hydrogen (secondary N) is 1. The minimum atomic E-state index is 0.672. The number of benzene rings is 1. The molecule has 80 valence electrons. The van der Waals surface area contributed by atoms with Crippen molar-refractivity contribution < 1.29 is 0 Å². The maximum Gasteiger partial charge on any atom is 0.104 e. The van der Waals surface area contributed by atoms with Crippen molar-refractivity contribution >= 4 is 16.6 Å². The summed E-state index contributed by atoms with van der Waals surface area (Å²) in [4.78, 5) is 0. The SMILES string of the molecule is Cn1c(-c2[nH]ncc2N)cc2ccccc21. The van der Waals surface area contributed by atoms with Gasteiger partial charge in [-0.15, -0.1) is 0 Å². The molecule has 0 atom stereocenters. The summed E-state index contributed by atoms with van der Waals surface area (Å²) in [6.07, 6.45) is 1.63. The van der Waals surface area contributed by atoms with E-state index in [1.165, 1.54) is 10.9 Å². The Morgan fingerprint density at radius 1 is 1.31 bits per heavy atom. The second-order valence-electron chi connectivity index (χ2n) is 3.85. The molecule has 0 aliphatic rings. The van der Waals surface area contributed by atoms with Gasteiger partial charge in [0, 0.05) is 18.0 Å². The normalized spacial score (nSPS) is 11.1. The van der Waals surface area contributed by atoms with Crippen molar-refractivity contribution in [3.8, 4) is 11.4 Å². The molecule has 0 saturated heterocycles. The minimum Gasteiger partial charge on any atom is -0.396 e. The lowest BCUT2D eigenvalue weighted by Gasteiger charge is -2.02. The molecule has 4 nitrogen and oxygen atoms in total. The number of H-pyrrole nitrogens is 1. The lowest BCUT2D eigenvalue weighted by atomic mass is 10.2. The molecule has 0 spiro atoms. The van der Waals surface area contributed by atoms with Crippen molar-refractivity contribution in [3.63, 3.8) is 0 Å². The smallest absolute Gasteiger partial charge is 0.104 e. The molecule has 3 aromatic rings. The molecule has 0 radical (unpaired) electrons. The number of hydrogen-bond acceptors (Lipinski definition) is 2. The highest BCUT2D eigenvalue weighted by Gasteiger charge is 2.11. The van der Waals surface area contributed by atoms with Crippen LogP contribution in [0.4, 0.5) is 5.69 Å². The summed E-state index contributed by atoms with van der Waals surface area (Å²) in [6, 6.07) is 10.3. The van der Waals surface area contributed by atoms with Crippen LogP contribution in [-0.2, 0) is 7.05 Å². The molecule has 1 aromatic carbocycles. The zero-order valence-corrected chi connectivity index (χ0v) is 8.94. The molecule has 2 heterocycles. The fourth-order valence-corrected chi connectivity index (χ4v) is 2.03. The Bertz CT molecular complexity index is 648. The van der Waals surface area contributed by atoms with Gasteiger partial charge in [-0.2, -0.15) is 5.10 Å². The lowest BCUT2D eigenvalue weighted by molar-refractivity contribution is 0.964. The van der Waals surface area contributed by atoms with Gasteiger partial charge in [-0.25, -0.2) is 0 Å². The number of rotatable bonds is 1. The van der Waals surface area contributed by atoms with Gasteiger partial charge in [0.25, 0.3) is 0 Å². The summed E-state index contributed by atoms with van der Waals surface area (Å²) in [6.45, 7) is 0. The van der Waals surface area contributed by atoms with Crippen LogP contribution < -0.4 is 5.73 Å². The van der Waals surface area contributed by atoms with Crippen LogP contribution in [0, 0.1) is 0 Å². The van der Waals surface area contributed by atoms with Crippen LogP contribution in [0.1, 0.15) is 0 Å². The quantitative estimate of drug-likeness (QED) is 0.649. The highest BCUT2D eigenvalue weighted by molar-refractivity contribution is 5.88. The number of hydrogen-bond donors (Lipinski definition) is 2. The van der Waals surface area contributed by atoms with E-state index in [4.69, 9.17) is 5.73 Å². The Balaban J connectivity index is 2.33. The standard InChI is InChI=1S/C12H12N4/c1-16-10-5-3-2-4-8(10)6-11(16)12-9(13)7-14-15-12/h2-7H,13H2,1H3,(H,14,15). The number of nitrogens with zero attached hydrogens (tertiary/aromatic N) is 2. The molecule has 2 aromatic heterocycles. The fraction of sp³-hybridized carbons (Fsp3) is 0.0833. The molecular formula is C12H12N4. The van der Waals surface area contributed by atoms with Crippen LogP contribution in [0.25, 0.3) is 22.3 Å². The van der Waals surface area contributed by atoms with E-state index < -0.39 is 0 Å². The number of aromatic nitrogens is 3. The van der Waals surface area contributed by atoms with E-state index in [0.717, 1.165) is 11.4 Å². The average Bonchev–Trinajstić information content (AvgIpc) is 2.84. The van der Waals surface area contributed by atoms with E-state index in [-0.39, 0.29) is 0 Å². The van der Waals surface area contributed by atoms with Crippen molar-refractivity contribution in [1.82, 2.24) is 14.8 Å². The predicted octanol–water partition coefficient (Wildman–Crippen LogP) is 2.15. The van der Waals surface area contributed by atoms with E-state index in [2.05, 4.69) is 33.0 Å². The Kier molecular flexibility index (Phi) is 1.77. The highest BCUT2D eigenvalue weighted by Crippen LogP contribution is 2.28. The van der Waals surface area contributed by atoms with E-state index in [1.54, 1.807) is 6.20 Å². The Hall–Kier alpha value is -2.23. The van der Waals surface area contributed by atoms with Gasteiger partial charge in [-0.1, -0.05) is 18.2 Å². The number of anilines is 1. The first-order valence-electron chi connectivity index (χ1n) is 5.11. The molecular weight excluding hydrogens is 200 g/mol. The van der Waals surface area contributed by atoms with Crippen molar-refractivity contribution in [2.75, 3.05) is 5.73 Å². The summed E-state index contributed by atoms with van der Waals surface area (Å²) in [5.41, 5.74) is 9.64. The van der Waals surface area contributed by atoms with Gasteiger partial charge >= 0.3 is 0 Å². The number of nitrogens with two attached hydrogens (primary N) is 1. The number of aromatic amines is 1. The van der Waals surface area contributed by atoms with Crippen LogP contribution in [0.15, 0.2) is 36.5 Å². The van der Waals surface area contributed by atoms with Gasteiger partial charge in [-0.05, 0) is 12.1 Å². The molecule has 0 aliphatic carbocycles. The number of aryl methyl sites for hydroxylation is 1. The monoisotopic (exact) mass is 212 g/mol. The Morgan fingerprint density at radius 3 is 2.81 bits per heavy atom. The number of nitrogen functional groups attached to an aromatic ring is 1. The third-order valence-electron chi connectivity index (χ3n) is 2.88. The summed E-state index contributed by atoms with van der Waals surface area (Å²) in [5.74, 6) is 0. The molecule has 4 heteroatoms. The largest absolute Gasteiger partial charge is 0.396 e. The van der Waals surface area contributed by atoms with Crippen LogP contribution in [0.5, 0.6) is 0 Å². The summed E-state index contributed by atoms with van der Waals surface area (Å²) in [5, 5.41) is 8.08. The summed E-state index contributed by atoms with van der Waals surface area (Å²) >= 11 is 0. The van der Waals surface area contributed by atoms with E-state index in [0.29, 0.717) is 5.69 Å². The zero-order valence-electron chi connectivity index (χ0n) is 8.94. The predicted molar refractivity (Wildman–Crippen MR) is 64.9 cm³/mol. The Labute approximate surface area is 92.7 Å². The van der Waals surface area contributed by atoms with Crippen LogP contribution in [-0.4, -0.2) is 14.8 Å². The second-order valence-corrected chi connectivity index (χ2v) is 3.85. The molecule has 0 saturated carbocycles. The molecule has 0 aliphatic heterocycles. The first kappa shape index (κ1) is 9.03. The first-order valence-corrected chi connectivity index (χ1v) is 5.11. The fourth-order valence-electron chi connectivity index (χ4n) is 2.03. The average molecular weight is 212 g/mol. The van der Waals surface area contributed by atoms with Gasteiger partial charge in [0.15, 0.2) is 0 Å². The van der Waals surface area contributed by atoms with Crippen LogP contribution >= 0.6 is 0 Å². The van der Waals surface area contributed by atoms with Crippen LogP contribution in [0.3, 0.4) is 0 Å². The third kappa shape index (κ3) is 1.13. The Morgan fingerprint density at radius 2 is 2.12 bits per heavy atom. The number of para-hydroxylation sites is 1. The molecule has 0 fully saturated rings. The van der Waals surface area contributed by atoms with Gasteiger partial charge in [-0.3, -0.25) is 5.10 Å². The van der Waals surface area contributed by atoms with Gasteiger partial charge < -0.3 is 10.3 Å². The van der Waals surface area contributed by atoms with Crippen molar-refractivity contribution in [3.05, 3.63) is 36.5 Å². The second kappa shape index (κ2) is 3.13. The van der Waals surface area contributed by atoms with Gasteiger partial charge in [0.1, 0.15) is 5.69 Å². The number of fused-ring (bicyclic) bond motifs is 1. The van der Waals surface area contributed by atoms with E-state index in [9.17, 15) is 0 Å². The van der Waals surface area contributed by atoms with E-state index >= 15 is 0 Å². The van der Waals surface area contributed by atoms with Gasteiger partial charge in [0.2, 0.25) is 0 Å². The lowest BCUT2D eigenvalue weighted by Crippen LogP contribution is -1.94. The molecule has 3 N–H and O–H groups in total. The molecule has 0 bridgehead atoms. The van der Waals surface area contributed by atoms with Crippen molar-refractivity contribution in [2.45, 2.75) is 0 Å². The summed E-state index contributed by atoms with van der Waals surface area (Å²) in [7, 11) is 2.03. The topological polar surface area (TPSA) is 59.6 Å². The zero-order chi connectivity index (χ0) is 11.1. The molecule has 0 amide bonds. The van der Waals surface area contributed by atoms with Crippen LogP contribution in [0.2, 0.25) is 0 Å². The highest BCUT2D eigenvalue weighted by atomic mass is 15.1. The van der Waals surface area contributed by atoms with Crippen molar-refractivity contribution in [1.29, 1.82) is 0 Å². The molecule has 3 rings (SSSR count).